The molecule has 12 nitrogen and oxygen atoms in total. The van der Waals surface area contributed by atoms with Gasteiger partial charge in [0, 0.05) is 5.34 Å². The zero-order valence-electron chi connectivity index (χ0n) is 5.46. The zero-order valence-corrected chi connectivity index (χ0v) is 7.20. The van der Waals surface area contributed by atoms with Crippen LogP contribution < -0.4 is 5.34 Å². The van der Waals surface area contributed by atoms with Crippen molar-refractivity contribution in [2.45, 2.75) is 0 Å². The molecule has 0 aromatic rings. The maximum atomic E-state index is 9.57. The van der Waals surface area contributed by atoms with E-state index in [9.17, 15) is 30.3 Å². The van der Waals surface area contributed by atoms with Crippen LogP contribution in [-0.2, 0) is 16.7 Å². The Labute approximate surface area is 74.2 Å². The molecule has 0 aliphatic carbocycles. The third-order valence-corrected chi connectivity index (χ3v) is 2.05. The van der Waals surface area contributed by atoms with Crippen molar-refractivity contribution in [3.63, 3.8) is 0 Å². The Morgan fingerprint density at radius 3 is 1.08 bits per heavy atom. The van der Waals surface area contributed by atoms with Crippen LogP contribution in [-0.4, -0.2) is 11.0 Å². The SMILES string of the molecule is O=[N+]([O-])[Ru]([N+](=O)[O-])[N+](=O)[O-].O=[NH+][O-]. The average molecular weight is 286 g/mol. The Morgan fingerprint density at radius 1 is 0.923 bits per heavy atom. The van der Waals surface area contributed by atoms with Crippen LogP contribution in [0.3, 0.4) is 0 Å². The van der Waals surface area contributed by atoms with Gasteiger partial charge in [-0.15, -0.1) is 0 Å². The molecule has 13 heavy (non-hydrogen) atoms. The summed E-state index contributed by atoms with van der Waals surface area (Å²) < 4.78 is -4.32. The van der Waals surface area contributed by atoms with Gasteiger partial charge in [-0.1, -0.05) is 0 Å². The van der Waals surface area contributed by atoms with E-state index in [1.165, 1.54) is 0 Å². The van der Waals surface area contributed by atoms with Gasteiger partial charge in [0.05, 0.1) is 0 Å². The summed E-state index contributed by atoms with van der Waals surface area (Å²) in [6.07, 6.45) is 0. The number of hydrogen-bond acceptors (Lipinski definition) is 8. The normalized spacial score (nSPS) is 8.77. The van der Waals surface area contributed by atoms with Crippen molar-refractivity contribution in [1.29, 1.82) is 0 Å². The van der Waals surface area contributed by atoms with Crippen molar-refractivity contribution in [2.75, 3.05) is 0 Å². The van der Waals surface area contributed by atoms with Gasteiger partial charge in [-0.25, -0.2) is 0 Å². The van der Waals surface area contributed by atoms with Gasteiger partial charge in [-0.2, -0.15) is 0 Å². The number of rotatable bonds is 3. The molecule has 0 amide bonds. The molecular weight excluding hydrogens is 285 g/mol. The predicted octanol–water partition coefficient (Wildman–Crippen LogP) is -2.49. The summed E-state index contributed by atoms with van der Waals surface area (Å²) in [5.74, 6) is 0. The Kier molecular flexibility index (Phi) is 7.32. The van der Waals surface area contributed by atoms with E-state index in [2.05, 4.69) is 0 Å². The van der Waals surface area contributed by atoms with Crippen LogP contribution in [0.2, 0.25) is 0 Å². The molecule has 0 atom stereocenters. The van der Waals surface area contributed by atoms with Crippen LogP contribution in [0.5, 0.6) is 0 Å². The molecule has 1 N–H and O–H groups in total. The zero-order chi connectivity index (χ0) is 11.0. The molecule has 0 aliphatic heterocycles. The topological polar surface area (TPSA) is 184 Å². The Hall–Kier alpha value is -1.78. The average Bonchev–Trinajstić information content (AvgIpc) is 1.84. The van der Waals surface area contributed by atoms with Gasteiger partial charge in [-0.05, 0) is 0 Å². The largest absolute Gasteiger partial charge is 0.267 e. The second kappa shape index (κ2) is 6.90. The number of nitro groups is 3. The Bertz CT molecular complexity index is 189. The van der Waals surface area contributed by atoms with Crippen molar-refractivity contribution in [1.82, 2.24) is 0 Å². The standard InChI is InChI=1S/HNO2.3NO2.Ru/c4*2-1-3;/h1H;;;;. The van der Waals surface area contributed by atoms with E-state index in [0.717, 1.165) is 0 Å². The molecule has 0 heterocycles. The minimum Gasteiger partial charge on any atom is -0.267 e. The van der Waals surface area contributed by atoms with Crippen LogP contribution in [0, 0.1) is 40.5 Å². The maximum Gasteiger partial charge on any atom is 0.00366 e. The fraction of sp³-hybridized carbons (Fsp3) is 0. The first kappa shape index (κ1) is 13.8. The predicted molar refractivity (Wildman–Crippen MR) is 28.7 cm³/mol. The van der Waals surface area contributed by atoms with Crippen molar-refractivity contribution in [3.8, 4) is 0 Å². The smallest absolute Gasteiger partial charge is 0.00366 e. The first-order valence-electron chi connectivity index (χ1n) is 1.98. The second-order valence-corrected chi connectivity index (χ2v) is 3.85. The van der Waals surface area contributed by atoms with Gasteiger partial charge >= 0.3 is 58.0 Å². The molecule has 0 rings (SSSR count). The molecule has 13 heteroatoms. The van der Waals surface area contributed by atoms with Crippen LogP contribution in [0.1, 0.15) is 0 Å². The molecule has 0 fully saturated rings. The van der Waals surface area contributed by atoms with Crippen molar-refractivity contribution in [2.24, 2.45) is 0 Å². The molecule has 0 aromatic heterocycles. The molecule has 0 radical (unpaired) electrons. The summed E-state index contributed by atoms with van der Waals surface area (Å²) in [7, 11) is 0. The van der Waals surface area contributed by atoms with Gasteiger partial charge in [-0.3, -0.25) is 10.1 Å². The summed E-state index contributed by atoms with van der Waals surface area (Å²) in [4.78, 5) is 36.8. The van der Waals surface area contributed by atoms with E-state index in [1.54, 1.807) is 0 Å². The second-order valence-electron chi connectivity index (χ2n) is 0.906. The quantitative estimate of drug-likeness (QED) is 0.335. The molecule has 0 unspecified atom stereocenters. The van der Waals surface area contributed by atoms with Crippen molar-refractivity contribution >= 4 is 0 Å². The fourth-order valence-electron chi connectivity index (χ4n) is 0.141. The summed E-state index contributed by atoms with van der Waals surface area (Å²) in [6.45, 7) is 0. The number of nitrogens with one attached hydrogen (secondary N) is 1. The van der Waals surface area contributed by atoms with Gasteiger partial charge in [0.2, 0.25) is 0 Å². The van der Waals surface area contributed by atoms with Crippen LogP contribution in [0.4, 0.5) is 0 Å². The van der Waals surface area contributed by atoms with E-state index in [-0.39, 0.29) is 5.34 Å². The summed E-state index contributed by atoms with van der Waals surface area (Å²) in [6, 6.07) is 0. The molecule has 0 spiro atoms. The summed E-state index contributed by atoms with van der Waals surface area (Å²) in [5.41, 5.74) is 0. The fourth-order valence-corrected chi connectivity index (χ4v) is 0.837. The maximum absolute atomic E-state index is 9.57. The monoisotopic (exact) mass is 287 g/mol. The molecule has 0 bridgehead atoms. The third kappa shape index (κ3) is 6.61. The van der Waals surface area contributed by atoms with Crippen LogP contribution in [0.15, 0.2) is 0 Å². The van der Waals surface area contributed by atoms with E-state index < -0.39 is 27.7 Å². The van der Waals surface area contributed by atoms with Gasteiger partial charge in [0.15, 0.2) is 0 Å². The van der Waals surface area contributed by atoms with Gasteiger partial charge in [0.25, 0.3) is 0 Å². The van der Waals surface area contributed by atoms with Crippen molar-refractivity contribution < 1.29 is 33.0 Å². The molecule has 0 aliphatic rings. The van der Waals surface area contributed by atoms with E-state index >= 15 is 0 Å². The van der Waals surface area contributed by atoms with E-state index in [4.69, 9.17) is 10.1 Å². The van der Waals surface area contributed by atoms with Crippen molar-refractivity contribution in [3.05, 3.63) is 40.5 Å². The summed E-state index contributed by atoms with van der Waals surface area (Å²) >= 11 is -4.33. The minimum absolute atomic E-state index is 0.250. The van der Waals surface area contributed by atoms with E-state index in [0.29, 0.717) is 0 Å². The van der Waals surface area contributed by atoms with Crippen LogP contribution >= 0.6 is 0 Å². The molecule has 0 saturated carbocycles. The van der Waals surface area contributed by atoms with E-state index in [1.807, 2.05) is 0 Å². The van der Waals surface area contributed by atoms with Gasteiger partial charge < -0.3 is 0 Å². The molecule has 77 valence electrons. The third-order valence-electron chi connectivity index (χ3n) is 0.346. The first-order chi connectivity index (χ1) is 5.88. The molecular formula is HN4O8Ru. The Morgan fingerprint density at radius 2 is 1.08 bits per heavy atom. The number of hydrogen-bond donors (Lipinski definition) is 1. The molecule has 0 saturated heterocycles. The first-order valence-corrected chi connectivity index (χ1v) is 4.31. The minimum atomic E-state index is -4.33. The number of nitrogens with zero attached hydrogens (tertiary/aromatic N) is 3. The van der Waals surface area contributed by atoms with Crippen LogP contribution in [0.25, 0.3) is 0 Å². The van der Waals surface area contributed by atoms with Gasteiger partial charge in [0.1, 0.15) is 0 Å². The molecule has 0 aromatic carbocycles. The Balaban J connectivity index is 0. The summed E-state index contributed by atoms with van der Waals surface area (Å²) in [5, 5.41) is 37.1.